The Labute approximate surface area is 129 Å². The van der Waals surface area contributed by atoms with Gasteiger partial charge >= 0.3 is 0 Å². The molecular weight excluding hydrogens is 334 g/mol. The van der Waals surface area contributed by atoms with E-state index in [1.807, 2.05) is 18.2 Å². The first-order valence-electron chi connectivity index (χ1n) is 6.28. The summed E-state index contributed by atoms with van der Waals surface area (Å²) < 4.78 is 0.898. The Morgan fingerprint density at radius 2 is 1.86 bits per heavy atom. The van der Waals surface area contributed by atoms with Crippen LogP contribution in [-0.2, 0) is 9.59 Å². The Bertz CT molecular complexity index is 790. The summed E-state index contributed by atoms with van der Waals surface area (Å²) in [6.45, 7) is 3.27. The lowest BCUT2D eigenvalue weighted by molar-refractivity contribution is -0.135. The third-order valence-corrected chi connectivity index (χ3v) is 3.89. The molecule has 1 N–H and O–H groups in total. The number of nitrogens with one attached hydrogen (secondary N) is 1. The SMILES string of the molecule is CC1=C(C)C(=O)N(Nc2c[c]c3ccc(Br)cc3n2)C1=O. The summed E-state index contributed by atoms with van der Waals surface area (Å²) >= 11 is 3.38. The first-order chi connectivity index (χ1) is 9.97. The second-order valence-corrected chi connectivity index (χ2v) is 5.67. The second kappa shape index (κ2) is 4.96. The third-order valence-electron chi connectivity index (χ3n) is 3.40. The lowest BCUT2D eigenvalue weighted by Gasteiger charge is -2.16. The fraction of sp³-hybridized carbons (Fsp3) is 0.133. The number of hydrogen-bond donors (Lipinski definition) is 1. The van der Waals surface area contributed by atoms with E-state index in [2.05, 4.69) is 32.4 Å². The van der Waals surface area contributed by atoms with E-state index in [9.17, 15) is 9.59 Å². The fourth-order valence-corrected chi connectivity index (χ4v) is 2.40. The van der Waals surface area contributed by atoms with Crippen molar-refractivity contribution in [1.82, 2.24) is 9.99 Å². The molecule has 3 rings (SSSR count). The number of imide groups is 1. The van der Waals surface area contributed by atoms with E-state index >= 15 is 0 Å². The maximum atomic E-state index is 12.0. The molecule has 21 heavy (non-hydrogen) atoms. The van der Waals surface area contributed by atoms with Crippen LogP contribution in [0, 0.1) is 6.07 Å². The number of nitrogens with zero attached hydrogens (tertiary/aromatic N) is 2. The molecule has 0 saturated heterocycles. The van der Waals surface area contributed by atoms with Crippen LogP contribution in [0.2, 0.25) is 0 Å². The molecule has 2 aromatic rings. The quantitative estimate of drug-likeness (QED) is 0.851. The monoisotopic (exact) mass is 344 g/mol. The van der Waals surface area contributed by atoms with Gasteiger partial charge < -0.3 is 0 Å². The van der Waals surface area contributed by atoms with Crippen LogP contribution in [0.5, 0.6) is 0 Å². The van der Waals surface area contributed by atoms with Crippen molar-refractivity contribution >= 4 is 44.5 Å². The van der Waals surface area contributed by atoms with Crippen molar-refractivity contribution in [3.63, 3.8) is 0 Å². The average molecular weight is 345 g/mol. The third kappa shape index (κ3) is 2.31. The lowest BCUT2D eigenvalue weighted by atomic mass is 10.2. The highest BCUT2D eigenvalue weighted by Gasteiger charge is 2.33. The Kier molecular flexibility index (Phi) is 3.25. The van der Waals surface area contributed by atoms with Gasteiger partial charge in [-0.2, -0.15) is 5.01 Å². The van der Waals surface area contributed by atoms with Crippen molar-refractivity contribution < 1.29 is 9.59 Å². The van der Waals surface area contributed by atoms with Gasteiger partial charge in [0.2, 0.25) is 0 Å². The molecular formula is C15H11BrN3O2. The van der Waals surface area contributed by atoms with E-state index in [0.717, 1.165) is 20.4 Å². The van der Waals surface area contributed by atoms with Crippen LogP contribution in [0.1, 0.15) is 13.8 Å². The average Bonchev–Trinajstić information content (AvgIpc) is 2.65. The normalized spacial score (nSPS) is 15.3. The van der Waals surface area contributed by atoms with Gasteiger partial charge in [-0.1, -0.05) is 22.0 Å². The molecule has 6 heteroatoms. The minimum absolute atomic E-state index is 0.353. The second-order valence-electron chi connectivity index (χ2n) is 4.75. The molecule has 2 heterocycles. The van der Waals surface area contributed by atoms with Crippen LogP contribution in [0.3, 0.4) is 0 Å². The summed E-state index contributed by atoms with van der Waals surface area (Å²) in [4.78, 5) is 28.4. The summed E-state index contributed by atoms with van der Waals surface area (Å²) in [5, 5.41) is 1.83. The number of rotatable bonds is 2. The number of carbonyl (C=O) groups is 2. The van der Waals surface area contributed by atoms with Crippen LogP contribution in [0.25, 0.3) is 10.9 Å². The molecule has 1 aliphatic rings. The van der Waals surface area contributed by atoms with Gasteiger partial charge in [-0.05, 0) is 38.1 Å². The highest BCUT2D eigenvalue weighted by atomic mass is 79.9. The molecule has 0 unspecified atom stereocenters. The summed E-state index contributed by atoms with van der Waals surface area (Å²) in [6.07, 6.45) is 0. The van der Waals surface area contributed by atoms with Crippen molar-refractivity contribution in [2.24, 2.45) is 0 Å². The van der Waals surface area contributed by atoms with Crippen molar-refractivity contribution in [1.29, 1.82) is 0 Å². The highest BCUT2D eigenvalue weighted by molar-refractivity contribution is 9.10. The minimum Gasteiger partial charge on any atom is -0.271 e. The molecule has 0 fully saturated rings. The smallest absolute Gasteiger partial charge is 0.271 e. The number of hydrazine groups is 1. The van der Waals surface area contributed by atoms with Crippen molar-refractivity contribution in [2.45, 2.75) is 13.8 Å². The van der Waals surface area contributed by atoms with Gasteiger partial charge in [-0.15, -0.1) is 0 Å². The zero-order valence-electron chi connectivity index (χ0n) is 11.4. The summed E-state index contributed by atoms with van der Waals surface area (Å²) in [5.41, 5.74) is 4.35. The van der Waals surface area contributed by atoms with Crippen molar-refractivity contribution in [2.75, 3.05) is 5.43 Å². The number of carbonyl (C=O) groups excluding carboxylic acids is 2. The Morgan fingerprint density at radius 3 is 2.52 bits per heavy atom. The predicted octanol–water partition coefficient (Wildman–Crippen LogP) is 2.83. The molecule has 0 aliphatic carbocycles. The number of halogens is 1. The van der Waals surface area contributed by atoms with Gasteiger partial charge in [-0.3, -0.25) is 15.0 Å². The number of hydrogen-bond acceptors (Lipinski definition) is 4. The van der Waals surface area contributed by atoms with Crippen LogP contribution >= 0.6 is 15.9 Å². The zero-order valence-corrected chi connectivity index (χ0v) is 13.0. The number of anilines is 1. The topological polar surface area (TPSA) is 62.3 Å². The van der Waals surface area contributed by atoms with Gasteiger partial charge in [0.1, 0.15) is 5.82 Å². The molecule has 1 aliphatic heterocycles. The minimum atomic E-state index is -0.353. The van der Waals surface area contributed by atoms with Crippen LogP contribution < -0.4 is 5.43 Å². The van der Waals surface area contributed by atoms with Gasteiger partial charge in [0.25, 0.3) is 11.8 Å². The van der Waals surface area contributed by atoms with E-state index in [4.69, 9.17) is 0 Å². The van der Waals surface area contributed by atoms with Crippen molar-refractivity contribution in [3.05, 3.63) is 46.0 Å². The van der Waals surface area contributed by atoms with E-state index < -0.39 is 0 Å². The van der Waals surface area contributed by atoms with E-state index in [1.165, 1.54) is 0 Å². The van der Waals surface area contributed by atoms with E-state index in [-0.39, 0.29) is 11.8 Å². The summed E-state index contributed by atoms with van der Waals surface area (Å²) in [7, 11) is 0. The van der Waals surface area contributed by atoms with Crippen molar-refractivity contribution in [3.8, 4) is 0 Å². The maximum Gasteiger partial charge on any atom is 0.275 e. The maximum absolute atomic E-state index is 12.0. The Hall–Kier alpha value is -2.21. The Balaban J connectivity index is 1.93. The molecule has 2 amide bonds. The van der Waals surface area contributed by atoms with E-state index in [0.29, 0.717) is 17.0 Å². The standard InChI is InChI=1S/C15H11BrN3O2/c1-8-9(2)15(21)19(14(8)20)18-13-6-4-10-3-5-11(16)7-12(10)17-13/h3,5-7H,1-2H3,(H,17,18). The molecule has 0 bridgehead atoms. The number of fused-ring (bicyclic) bond motifs is 1. The molecule has 105 valence electrons. The first-order valence-corrected chi connectivity index (χ1v) is 7.07. The Morgan fingerprint density at radius 1 is 1.19 bits per heavy atom. The van der Waals surface area contributed by atoms with Gasteiger partial charge in [-0.25, -0.2) is 4.98 Å². The number of amides is 2. The van der Waals surface area contributed by atoms with Crippen LogP contribution in [0.4, 0.5) is 5.82 Å². The lowest BCUT2D eigenvalue weighted by Crippen LogP contribution is -2.37. The zero-order chi connectivity index (χ0) is 15.1. The van der Waals surface area contributed by atoms with E-state index in [1.54, 1.807) is 19.9 Å². The molecule has 0 atom stereocenters. The number of pyridine rings is 1. The number of benzene rings is 1. The molecule has 1 radical (unpaired) electrons. The highest BCUT2D eigenvalue weighted by Crippen LogP contribution is 2.23. The van der Waals surface area contributed by atoms with Gasteiger partial charge in [0.05, 0.1) is 5.52 Å². The molecule has 1 aromatic heterocycles. The molecule has 5 nitrogen and oxygen atoms in total. The fourth-order valence-electron chi connectivity index (χ4n) is 2.05. The first kappa shape index (κ1) is 13.8. The molecule has 0 saturated carbocycles. The van der Waals surface area contributed by atoms with Gasteiger partial charge in [0, 0.05) is 21.0 Å². The predicted molar refractivity (Wildman–Crippen MR) is 82.1 cm³/mol. The van der Waals surface area contributed by atoms with Gasteiger partial charge in [0.15, 0.2) is 0 Å². The summed E-state index contributed by atoms with van der Waals surface area (Å²) in [5.74, 6) is -0.313. The summed E-state index contributed by atoms with van der Waals surface area (Å²) in [6, 6.07) is 10.3. The molecule has 1 aromatic carbocycles. The number of aromatic nitrogens is 1. The molecule has 0 spiro atoms. The largest absolute Gasteiger partial charge is 0.275 e. The van der Waals surface area contributed by atoms with Crippen LogP contribution in [-0.4, -0.2) is 21.8 Å². The van der Waals surface area contributed by atoms with Crippen LogP contribution in [0.15, 0.2) is 39.9 Å².